The summed E-state index contributed by atoms with van der Waals surface area (Å²) >= 11 is 0. The van der Waals surface area contributed by atoms with E-state index in [4.69, 9.17) is 4.74 Å². The summed E-state index contributed by atoms with van der Waals surface area (Å²) in [5.41, 5.74) is 3.17. The fourth-order valence-electron chi connectivity index (χ4n) is 4.06. The van der Waals surface area contributed by atoms with Crippen molar-refractivity contribution in [2.75, 3.05) is 16.3 Å². The highest BCUT2D eigenvalue weighted by Gasteiger charge is 2.37. The van der Waals surface area contributed by atoms with Crippen LogP contribution in [0.3, 0.4) is 0 Å². The molecule has 0 bridgehead atoms. The Morgan fingerprint density at radius 3 is 2.23 bits per heavy atom. The first-order valence-corrected chi connectivity index (χ1v) is 9.89. The Morgan fingerprint density at radius 2 is 1.57 bits per heavy atom. The third-order valence-corrected chi connectivity index (χ3v) is 5.51. The Balaban J connectivity index is 1.49. The predicted octanol–water partition coefficient (Wildman–Crippen LogP) is 2.92. The van der Waals surface area contributed by atoms with Gasteiger partial charge in [-0.05, 0) is 37.1 Å². The molecule has 0 spiro atoms. The largest absolute Gasteiger partial charge is 0.426 e. The number of hydrogen-bond donors (Lipinski definition) is 0. The first-order valence-electron chi connectivity index (χ1n) is 9.89. The molecule has 7 nitrogen and oxygen atoms in total. The van der Waals surface area contributed by atoms with Crippen LogP contribution in [0.2, 0.25) is 0 Å². The van der Waals surface area contributed by atoms with Crippen LogP contribution in [0.5, 0.6) is 5.75 Å². The molecule has 0 saturated carbocycles. The second-order valence-corrected chi connectivity index (χ2v) is 7.69. The molecular weight excluding hydrogens is 384 g/mol. The number of para-hydroxylation sites is 1. The minimum absolute atomic E-state index is 0.0788. The molecule has 3 amide bonds. The van der Waals surface area contributed by atoms with E-state index in [1.165, 1.54) is 6.07 Å². The van der Waals surface area contributed by atoms with E-state index < -0.39 is 11.9 Å². The lowest BCUT2D eigenvalue weighted by Crippen LogP contribution is -2.29. The summed E-state index contributed by atoms with van der Waals surface area (Å²) in [6.45, 7) is 4.13. The minimum Gasteiger partial charge on any atom is -0.426 e. The van der Waals surface area contributed by atoms with Crippen LogP contribution in [0.15, 0.2) is 42.5 Å². The second-order valence-electron chi connectivity index (χ2n) is 7.69. The van der Waals surface area contributed by atoms with Crippen molar-refractivity contribution < 1.29 is 23.9 Å². The standard InChI is InChI=1S/C23H22N2O5/c1-14-5-3-6-15(2)22(14)24-13-16(11-21(24)28)23(29)30-18-8-4-7-17(12-18)25-19(26)9-10-20(25)27/h3-8,12,16H,9-11,13H2,1-2H3/t16-/m0/s1. The van der Waals surface area contributed by atoms with Crippen LogP contribution in [-0.2, 0) is 19.2 Å². The van der Waals surface area contributed by atoms with Crippen molar-refractivity contribution in [2.24, 2.45) is 5.92 Å². The van der Waals surface area contributed by atoms with Gasteiger partial charge in [0.05, 0.1) is 11.6 Å². The van der Waals surface area contributed by atoms with Crippen LogP contribution >= 0.6 is 0 Å². The molecule has 1 atom stereocenters. The van der Waals surface area contributed by atoms with Crippen molar-refractivity contribution >= 4 is 35.1 Å². The molecule has 2 aromatic rings. The van der Waals surface area contributed by atoms with Crippen molar-refractivity contribution in [1.82, 2.24) is 0 Å². The highest BCUT2D eigenvalue weighted by molar-refractivity contribution is 6.19. The number of carbonyl (C=O) groups excluding carboxylic acids is 4. The minimum atomic E-state index is -0.588. The number of nitrogens with zero attached hydrogens (tertiary/aromatic N) is 2. The van der Waals surface area contributed by atoms with Crippen LogP contribution in [0.25, 0.3) is 0 Å². The molecular formula is C23H22N2O5. The summed E-state index contributed by atoms with van der Waals surface area (Å²) < 4.78 is 5.49. The van der Waals surface area contributed by atoms with Gasteiger partial charge in [-0.1, -0.05) is 24.3 Å². The van der Waals surface area contributed by atoms with E-state index in [0.717, 1.165) is 21.7 Å². The number of hydrogen-bond acceptors (Lipinski definition) is 5. The summed E-state index contributed by atoms with van der Waals surface area (Å²) in [4.78, 5) is 51.9. The van der Waals surface area contributed by atoms with Crippen molar-refractivity contribution in [2.45, 2.75) is 33.1 Å². The molecule has 2 saturated heterocycles. The summed E-state index contributed by atoms with van der Waals surface area (Å²) in [5, 5.41) is 0. The lowest BCUT2D eigenvalue weighted by molar-refractivity contribution is -0.139. The highest BCUT2D eigenvalue weighted by atomic mass is 16.5. The number of ether oxygens (including phenoxy) is 1. The first kappa shape index (κ1) is 19.8. The van der Waals surface area contributed by atoms with Gasteiger partial charge in [0, 0.05) is 37.6 Å². The number of esters is 1. The van der Waals surface area contributed by atoms with Gasteiger partial charge < -0.3 is 9.64 Å². The number of benzene rings is 2. The predicted molar refractivity (Wildman–Crippen MR) is 110 cm³/mol. The van der Waals surface area contributed by atoms with Gasteiger partial charge in [-0.25, -0.2) is 0 Å². The lowest BCUT2D eigenvalue weighted by Gasteiger charge is -2.21. The fraction of sp³-hybridized carbons (Fsp3) is 0.304. The molecule has 154 valence electrons. The van der Waals surface area contributed by atoms with E-state index in [-0.39, 0.29) is 49.3 Å². The van der Waals surface area contributed by atoms with E-state index in [2.05, 4.69) is 0 Å². The van der Waals surface area contributed by atoms with Crippen molar-refractivity contribution in [3.05, 3.63) is 53.6 Å². The smallest absolute Gasteiger partial charge is 0.316 e. The summed E-state index contributed by atoms with van der Waals surface area (Å²) in [6.07, 6.45) is 0.442. The molecule has 2 heterocycles. The molecule has 2 aliphatic rings. The normalized spacial score (nSPS) is 19.0. The zero-order valence-electron chi connectivity index (χ0n) is 16.9. The summed E-state index contributed by atoms with van der Waals surface area (Å²) in [7, 11) is 0. The highest BCUT2D eigenvalue weighted by Crippen LogP contribution is 2.32. The molecule has 0 aromatic heterocycles. The number of amides is 3. The number of anilines is 2. The molecule has 2 aliphatic heterocycles. The van der Waals surface area contributed by atoms with Gasteiger partial charge in [0.15, 0.2) is 0 Å². The third-order valence-electron chi connectivity index (χ3n) is 5.51. The molecule has 2 fully saturated rings. The molecule has 0 N–H and O–H groups in total. The SMILES string of the molecule is Cc1cccc(C)c1N1C[C@@H](C(=O)Oc2cccc(N3C(=O)CCC3=O)c2)CC1=O. The van der Waals surface area contributed by atoms with Crippen molar-refractivity contribution in [1.29, 1.82) is 0 Å². The molecule has 2 aromatic carbocycles. The topological polar surface area (TPSA) is 84.0 Å². The average molecular weight is 406 g/mol. The number of aryl methyl sites for hydroxylation is 2. The molecule has 0 radical (unpaired) electrons. The van der Waals surface area contributed by atoms with Crippen LogP contribution in [0.1, 0.15) is 30.4 Å². The van der Waals surface area contributed by atoms with Crippen LogP contribution in [0.4, 0.5) is 11.4 Å². The summed E-state index contributed by atoms with van der Waals surface area (Å²) in [6, 6.07) is 12.1. The van der Waals surface area contributed by atoms with E-state index >= 15 is 0 Å². The molecule has 30 heavy (non-hydrogen) atoms. The molecule has 4 rings (SSSR count). The average Bonchev–Trinajstić information content (AvgIpc) is 3.24. The molecule has 0 aliphatic carbocycles. The van der Waals surface area contributed by atoms with E-state index in [0.29, 0.717) is 5.69 Å². The quantitative estimate of drug-likeness (QED) is 0.443. The van der Waals surface area contributed by atoms with E-state index in [9.17, 15) is 19.2 Å². The van der Waals surface area contributed by atoms with Gasteiger partial charge in [-0.2, -0.15) is 0 Å². The zero-order chi connectivity index (χ0) is 21.4. The number of carbonyl (C=O) groups is 4. The number of imide groups is 1. The summed E-state index contributed by atoms with van der Waals surface area (Å²) in [5.74, 6) is -1.51. The maximum atomic E-state index is 12.7. The van der Waals surface area contributed by atoms with Gasteiger partial charge >= 0.3 is 5.97 Å². The van der Waals surface area contributed by atoms with E-state index in [1.807, 2.05) is 32.0 Å². The van der Waals surface area contributed by atoms with Crippen LogP contribution in [0, 0.1) is 19.8 Å². The third kappa shape index (κ3) is 3.58. The molecule has 0 unspecified atom stereocenters. The van der Waals surface area contributed by atoms with Crippen LogP contribution in [-0.4, -0.2) is 30.2 Å². The maximum absolute atomic E-state index is 12.7. The Hall–Kier alpha value is -3.48. The van der Waals surface area contributed by atoms with Gasteiger partial charge in [-0.15, -0.1) is 0 Å². The van der Waals surface area contributed by atoms with Crippen molar-refractivity contribution in [3.8, 4) is 5.75 Å². The van der Waals surface area contributed by atoms with Gasteiger partial charge in [0.2, 0.25) is 17.7 Å². The van der Waals surface area contributed by atoms with Crippen molar-refractivity contribution in [3.63, 3.8) is 0 Å². The molecule has 7 heteroatoms. The Kier molecular flexibility index (Phi) is 5.11. The van der Waals surface area contributed by atoms with E-state index in [1.54, 1.807) is 23.1 Å². The number of rotatable bonds is 4. The second kappa shape index (κ2) is 7.74. The van der Waals surface area contributed by atoms with Gasteiger partial charge in [0.1, 0.15) is 5.75 Å². The zero-order valence-corrected chi connectivity index (χ0v) is 16.9. The monoisotopic (exact) mass is 406 g/mol. The Bertz CT molecular complexity index is 1030. The van der Waals surface area contributed by atoms with Crippen LogP contribution < -0.4 is 14.5 Å². The van der Waals surface area contributed by atoms with Gasteiger partial charge in [-0.3, -0.25) is 24.1 Å². The first-order chi connectivity index (χ1) is 14.3. The lowest BCUT2D eigenvalue weighted by atomic mass is 10.1. The fourth-order valence-corrected chi connectivity index (χ4v) is 4.06. The maximum Gasteiger partial charge on any atom is 0.316 e. The Morgan fingerprint density at radius 1 is 0.933 bits per heavy atom. The van der Waals surface area contributed by atoms with Gasteiger partial charge in [0.25, 0.3) is 0 Å². The Labute approximate surface area is 174 Å².